The number of hydrogen-bond acceptors (Lipinski definition) is 5. The summed E-state index contributed by atoms with van der Waals surface area (Å²) in [7, 11) is -3.62. The zero-order chi connectivity index (χ0) is 20.0. The number of nitrogens with one attached hydrogen (secondary N) is 2. The molecule has 0 radical (unpaired) electrons. The number of anilines is 1. The Hall–Kier alpha value is -2.78. The van der Waals surface area contributed by atoms with Crippen LogP contribution in [0.15, 0.2) is 53.4 Å². The van der Waals surface area contributed by atoms with Crippen LogP contribution in [0.4, 0.5) is 10.1 Å². The molecule has 0 bridgehead atoms. The summed E-state index contributed by atoms with van der Waals surface area (Å²) in [6.07, 6.45) is -1.10. The lowest BCUT2D eigenvalue weighted by molar-refractivity contribution is -0.123. The zero-order valence-corrected chi connectivity index (χ0v) is 15.5. The maximum Gasteiger partial charge on any atom is 0.338 e. The first-order valence-corrected chi connectivity index (χ1v) is 9.58. The molecule has 0 aliphatic heterocycles. The van der Waals surface area contributed by atoms with Crippen molar-refractivity contribution in [3.8, 4) is 0 Å². The summed E-state index contributed by atoms with van der Waals surface area (Å²) >= 11 is 0. The molecule has 0 fully saturated rings. The van der Waals surface area contributed by atoms with Crippen molar-refractivity contribution < 1.29 is 27.1 Å². The van der Waals surface area contributed by atoms with E-state index in [2.05, 4.69) is 10.0 Å². The maximum absolute atomic E-state index is 12.9. The van der Waals surface area contributed by atoms with Crippen LogP contribution in [0, 0.1) is 5.82 Å². The number of carbonyl (C=O) groups is 2. The molecule has 27 heavy (non-hydrogen) atoms. The molecular weight excluding hydrogens is 375 g/mol. The van der Waals surface area contributed by atoms with E-state index in [1.165, 1.54) is 55.5 Å². The normalized spacial score (nSPS) is 12.3. The molecule has 1 atom stereocenters. The molecule has 0 saturated heterocycles. The van der Waals surface area contributed by atoms with E-state index in [-0.39, 0.29) is 17.0 Å². The highest BCUT2D eigenvalue weighted by Crippen LogP contribution is 2.13. The summed E-state index contributed by atoms with van der Waals surface area (Å²) in [6.45, 7) is 3.29. The number of benzene rings is 2. The standard InChI is InChI=1S/C18H19FN2O5S/c1-3-20-27(24,25)16-10-4-13(5-11-16)18(23)26-12(2)17(22)21-15-8-6-14(19)7-9-15/h4-12,20H,3H2,1-2H3,(H,21,22)/t12-/m0/s1. The van der Waals surface area contributed by atoms with E-state index < -0.39 is 33.8 Å². The fourth-order valence-electron chi connectivity index (χ4n) is 2.10. The van der Waals surface area contributed by atoms with Crippen molar-refractivity contribution in [2.45, 2.75) is 24.8 Å². The van der Waals surface area contributed by atoms with Gasteiger partial charge in [-0.2, -0.15) is 0 Å². The molecule has 2 rings (SSSR count). The van der Waals surface area contributed by atoms with E-state index in [9.17, 15) is 22.4 Å². The molecule has 0 aliphatic rings. The van der Waals surface area contributed by atoms with Gasteiger partial charge in [0.2, 0.25) is 10.0 Å². The molecule has 2 aromatic rings. The van der Waals surface area contributed by atoms with Gasteiger partial charge < -0.3 is 10.1 Å². The smallest absolute Gasteiger partial charge is 0.338 e. The van der Waals surface area contributed by atoms with Gasteiger partial charge in [-0.3, -0.25) is 4.79 Å². The van der Waals surface area contributed by atoms with Gasteiger partial charge in [-0.25, -0.2) is 22.3 Å². The summed E-state index contributed by atoms with van der Waals surface area (Å²) < 4.78 is 44.0. The third kappa shape index (κ3) is 5.60. The molecule has 9 heteroatoms. The van der Waals surface area contributed by atoms with E-state index in [1.807, 2.05) is 0 Å². The van der Waals surface area contributed by atoms with Crippen LogP contribution in [0.2, 0.25) is 0 Å². The van der Waals surface area contributed by atoms with Crippen molar-refractivity contribution in [3.63, 3.8) is 0 Å². The fraction of sp³-hybridized carbons (Fsp3) is 0.222. The molecule has 2 N–H and O–H groups in total. The minimum Gasteiger partial charge on any atom is -0.449 e. The minimum atomic E-state index is -3.62. The Bertz CT molecular complexity index is 912. The van der Waals surface area contributed by atoms with Gasteiger partial charge in [0, 0.05) is 12.2 Å². The zero-order valence-electron chi connectivity index (χ0n) is 14.7. The van der Waals surface area contributed by atoms with E-state index in [1.54, 1.807) is 6.92 Å². The Balaban J connectivity index is 1.99. The Morgan fingerprint density at radius 1 is 1.07 bits per heavy atom. The highest BCUT2D eigenvalue weighted by atomic mass is 32.2. The van der Waals surface area contributed by atoms with Crippen molar-refractivity contribution in [1.29, 1.82) is 0 Å². The molecule has 0 heterocycles. The first kappa shape index (κ1) is 20.5. The van der Waals surface area contributed by atoms with Crippen LogP contribution in [0.25, 0.3) is 0 Å². The summed E-state index contributed by atoms with van der Waals surface area (Å²) in [4.78, 5) is 24.2. The lowest BCUT2D eigenvalue weighted by atomic mass is 10.2. The molecule has 0 saturated carbocycles. The van der Waals surface area contributed by atoms with Crippen molar-refractivity contribution >= 4 is 27.6 Å². The highest BCUT2D eigenvalue weighted by Gasteiger charge is 2.20. The topological polar surface area (TPSA) is 102 Å². The van der Waals surface area contributed by atoms with Crippen LogP contribution in [-0.2, 0) is 19.6 Å². The first-order chi connectivity index (χ1) is 12.7. The van der Waals surface area contributed by atoms with Crippen LogP contribution in [-0.4, -0.2) is 32.9 Å². The third-order valence-electron chi connectivity index (χ3n) is 3.50. The van der Waals surface area contributed by atoms with Gasteiger partial charge in [-0.15, -0.1) is 0 Å². The number of halogens is 1. The number of amides is 1. The molecule has 0 aromatic heterocycles. The predicted octanol–water partition coefficient (Wildman–Crippen LogP) is 2.31. The average Bonchev–Trinajstić information content (AvgIpc) is 2.63. The summed E-state index contributed by atoms with van der Waals surface area (Å²) in [5.74, 6) is -1.79. The Morgan fingerprint density at radius 3 is 2.22 bits per heavy atom. The molecule has 0 spiro atoms. The molecular formula is C18H19FN2O5S. The largest absolute Gasteiger partial charge is 0.449 e. The number of hydrogen-bond donors (Lipinski definition) is 2. The van der Waals surface area contributed by atoms with Gasteiger partial charge in [0.05, 0.1) is 10.5 Å². The monoisotopic (exact) mass is 394 g/mol. The first-order valence-electron chi connectivity index (χ1n) is 8.10. The molecule has 1 amide bonds. The molecule has 0 unspecified atom stereocenters. The summed E-state index contributed by atoms with van der Waals surface area (Å²) in [6, 6.07) is 10.3. The number of rotatable bonds is 7. The van der Waals surface area contributed by atoms with E-state index in [0.29, 0.717) is 5.69 Å². The second kappa shape index (κ2) is 8.74. The van der Waals surface area contributed by atoms with Gasteiger partial charge in [0.1, 0.15) is 5.82 Å². The van der Waals surface area contributed by atoms with Gasteiger partial charge >= 0.3 is 5.97 Å². The number of carbonyl (C=O) groups excluding carboxylic acids is 2. The Kier molecular flexibility index (Phi) is 6.65. The SMILES string of the molecule is CCNS(=O)(=O)c1ccc(C(=O)O[C@@H](C)C(=O)Nc2ccc(F)cc2)cc1. The van der Waals surface area contributed by atoms with Crippen LogP contribution in [0.5, 0.6) is 0 Å². The highest BCUT2D eigenvalue weighted by molar-refractivity contribution is 7.89. The number of sulfonamides is 1. The predicted molar refractivity (Wildman–Crippen MR) is 97.2 cm³/mol. The number of esters is 1. The lowest BCUT2D eigenvalue weighted by Gasteiger charge is -2.14. The van der Waals surface area contributed by atoms with Gasteiger partial charge in [-0.1, -0.05) is 6.92 Å². The summed E-state index contributed by atoms with van der Waals surface area (Å²) in [5.41, 5.74) is 0.467. The quantitative estimate of drug-likeness (QED) is 0.702. The van der Waals surface area contributed by atoms with Crippen molar-refractivity contribution in [2.75, 3.05) is 11.9 Å². The van der Waals surface area contributed by atoms with Crippen molar-refractivity contribution in [1.82, 2.24) is 4.72 Å². The van der Waals surface area contributed by atoms with Crippen LogP contribution < -0.4 is 10.0 Å². The second-order valence-electron chi connectivity index (χ2n) is 5.57. The van der Waals surface area contributed by atoms with E-state index in [0.717, 1.165) is 0 Å². The van der Waals surface area contributed by atoms with Crippen molar-refractivity contribution in [2.24, 2.45) is 0 Å². The molecule has 144 valence electrons. The third-order valence-corrected chi connectivity index (χ3v) is 5.06. The Labute approximate surface area is 156 Å². The lowest BCUT2D eigenvalue weighted by Crippen LogP contribution is -2.30. The van der Waals surface area contributed by atoms with Crippen LogP contribution >= 0.6 is 0 Å². The summed E-state index contributed by atoms with van der Waals surface area (Å²) in [5, 5.41) is 2.50. The van der Waals surface area contributed by atoms with Gasteiger partial charge in [0.15, 0.2) is 6.10 Å². The fourth-order valence-corrected chi connectivity index (χ4v) is 3.14. The van der Waals surface area contributed by atoms with E-state index in [4.69, 9.17) is 4.74 Å². The molecule has 2 aromatic carbocycles. The minimum absolute atomic E-state index is 0.0167. The van der Waals surface area contributed by atoms with Gasteiger partial charge in [0.25, 0.3) is 5.91 Å². The Morgan fingerprint density at radius 2 is 1.67 bits per heavy atom. The number of ether oxygens (including phenoxy) is 1. The van der Waals surface area contributed by atoms with Crippen molar-refractivity contribution in [3.05, 3.63) is 59.9 Å². The molecule has 0 aliphatic carbocycles. The van der Waals surface area contributed by atoms with E-state index >= 15 is 0 Å². The average molecular weight is 394 g/mol. The van der Waals surface area contributed by atoms with Crippen LogP contribution in [0.3, 0.4) is 0 Å². The van der Waals surface area contributed by atoms with Crippen LogP contribution in [0.1, 0.15) is 24.2 Å². The molecule has 7 nitrogen and oxygen atoms in total. The second-order valence-corrected chi connectivity index (χ2v) is 7.34. The van der Waals surface area contributed by atoms with Gasteiger partial charge in [-0.05, 0) is 55.5 Å². The maximum atomic E-state index is 12.9.